The summed E-state index contributed by atoms with van der Waals surface area (Å²) in [5, 5.41) is 5.12. The number of aromatic nitrogens is 2. The van der Waals surface area contributed by atoms with E-state index < -0.39 is 0 Å². The third-order valence-corrected chi connectivity index (χ3v) is 3.58. The Labute approximate surface area is 126 Å². The lowest BCUT2D eigenvalue weighted by Gasteiger charge is -2.15. The van der Waals surface area contributed by atoms with Gasteiger partial charge in [0.05, 0.1) is 0 Å². The van der Waals surface area contributed by atoms with Crippen LogP contribution in [0.3, 0.4) is 0 Å². The fourth-order valence-corrected chi connectivity index (χ4v) is 2.36. The average Bonchev–Trinajstić information content (AvgIpc) is 2.38. The van der Waals surface area contributed by atoms with Gasteiger partial charge in [0.25, 0.3) is 0 Å². The van der Waals surface area contributed by atoms with Crippen molar-refractivity contribution in [2.24, 2.45) is 0 Å². The molecule has 1 heterocycles. The van der Waals surface area contributed by atoms with Crippen molar-refractivity contribution >= 4 is 40.8 Å². The van der Waals surface area contributed by atoms with E-state index in [1.54, 1.807) is 6.07 Å². The molecule has 0 spiro atoms. The summed E-state index contributed by atoms with van der Waals surface area (Å²) in [5.74, 6) is 0.715. The molecule has 1 unspecified atom stereocenters. The van der Waals surface area contributed by atoms with Crippen molar-refractivity contribution < 1.29 is 0 Å². The normalized spacial score (nSPS) is 12.2. The second kappa shape index (κ2) is 6.46. The summed E-state index contributed by atoms with van der Waals surface area (Å²) in [5.41, 5.74) is 1.13. The van der Waals surface area contributed by atoms with E-state index in [0.29, 0.717) is 16.1 Å². The number of halogens is 2. The number of rotatable bonds is 4. The second-order valence-corrected chi connectivity index (χ2v) is 5.58. The molecule has 0 amide bonds. The first-order valence-corrected chi connectivity index (χ1v) is 7.67. The molecule has 3 nitrogen and oxygen atoms in total. The Kier molecular flexibility index (Phi) is 4.91. The van der Waals surface area contributed by atoms with Crippen LogP contribution >= 0.6 is 35.0 Å². The monoisotopic (exact) mass is 313 g/mol. The van der Waals surface area contributed by atoms with Gasteiger partial charge in [0.15, 0.2) is 5.16 Å². The molecule has 2 aromatic rings. The summed E-state index contributed by atoms with van der Waals surface area (Å²) >= 11 is 13.3. The summed E-state index contributed by atoms with van der Waals surface area (Å²) in [4.78, 5) is 8.47. The quantitative estimate of drug-likeness (QED) is 0.505. The first-order chi connectivity index (χ1) is 9.08. The molecule has 0 aliphatic heterocycles. The zero-order chi connectivity index (χ0) is 13.8. The zero-order valence-corrected chi connectivity index (χ0v) is 12.9. The molecular weight excluding hydrogens is 301 g/mol. The Bertz CT molecular complexity index is 560. The molecule has 0 bridgehead atoms. The summed E-state index contributed by atoms with van der Waals surface area (Å²) in [7, 11) is 0. The molecule has 2 rings (SSSR count). The van der Waals surface area contributed by atoms with Gasteiger partial charge in [-0.15, -0.1) is 0 Å². The van der Waals surface area contributed by atoms with Crippen LogP contribution in [0.2, 0.25) is 10.2 Å². The number of nitrogens with zero attached hydrogens (tertiary/aromatic N) is 2. The standard InChI is InChI=1S/C13H13Cl2N3S/c1-8(9-3-5-10(14)6-4-9)16-12-7-11(15)17-13(18-12)19-2/h3-8H,1-2H3,(H,16,17,18). The van der Waals surface area contributed by atoms with Gasteiger partial charge < -0.3 is 5.32 Å². The van der Waals surface area contributed by atoms with Crippen LogP contribution in [0.4, 0.5) is 5.82 Å². The van der Waals surface area contributed by atoms with Gasteiger partial charge >= 0.3 is 0 Å². The average molecular weight is 314 g/mol. The lowest BCUT2D eigenvalue weighted by atomic mass is 10.1. The van der Waals surface area contributed by atoms with Crippen LogP contribution in [-0.2, 0) is 0 Å². The Morgan fingerprint density at radius 1 is 1.16 bits per heavy atom. The maximum Gasteiger partial charge on any atom is 0.190 e. The Balaban J connectivity index is 2.16. The molecule has 1 aromatic carbocycles. The van der Waals surface area contributed by atoms with Crippen molar-refractivity contribution in [3.8, 4) is 0 Å². The minimum Gasteiger partial charge on any atom is -0.363 e. The Morgan fingerprint density at radius 2 is 1.84 bits per heavy atom. The number of nitrogens with one attached hydrogen (secondary N) is 1. The molecule has 0 saturated heterocycles. The van der Waals surface area contributed by atoms with E-state index >= 15 is 0 Å². The highest BCUT2D eigenvalue weighted by molar-refractivity contribution is 7.98. The smallest absolute Gasteiger partial charge is 0.190 e. The second-order valence-electron chi connectivity index (χ2n) is 3.98. The first kappa shape index (κ1) is 14.4. The van der Waals surface area contributed by atoms with Gasteiger partial charge in [-0.1, -0.05) is 47.1 Å². The molecule has 0 radical (unpaired) electrons. The molecule has 0 aliphatic rings. The Hall–Kier alpha value is -0.970. The summed E-state index contributed by atoms with van der Waals surface area (Å²) in [6, 6.07) is 9.53. The van der Waals surface area contributed by atoms with Crippen LogP contribution in [0.25, 0.3) is 0 Å². The van der Waals surface area contributed by atoms with Crippen molar-refractivity contribution in [3.05, 3.63) is 46.1 Å². The maximum absolute atomic E-state index is 5.96. The van der Waals surface area contributed by atoms with Crippen LogP contribution < -0.4 is 5.32 Å². The van der Waals surface area contributed by atoms with Gasteiger partial charge in [-0.3, -0.25) is 0 Å². The van der Waals surface area contributed by atoms with E-state index in [2.05, 4.69) is 22.2 Å². The Morgan fingerprint density at radius 3 is 2.47 bits per heavy atom. The molecule has 1 aromatic heterocycles. The van der Waals surface area contributed by atoms with Crippen molar-refractivity contribution in [2.75, 3.05) is 11.6 Å². The van der Waals surface area contributed by atoms with Crippen LogP contribution in [0.1, 0.15) is 18.5 Å². The van der Waals surface area contributed by atoms with E-state index in [1.807, 2.05) is 30.5 Å². The van der Waals surface area contributed by atoms with Crippen LogP contribution in [-0.4, -0.2) is 16.2 Å². The predicted molar refractivity (Wildman–Crippen MR) is 82.3 cm³/mol. The molecular formula is C13H13Cl2N3S. The van der Waals surface area contributed by atoms with Gasteiger partial charge in [0.1, 0.15) is 11.0 Å². The summed E-state index contributed by atoms with van der Waals surface area (Å²) in [6.07, 6.45) is 1.91. The number of anilines is 1. The van der Waals surface area contributed by atoms with Gasteiger partial charge in [0, 0.05) is 17.1 Å². The van der Waals surface area contributed by atoms with Crippen LogP contribution in [0.5, 0.6) is 0 Å². The highest BCUT2D eigenvalue weighted by Gasteiger charge is 2.08. The minimum atomic E-state index is 0.109. The van der Waals surface area contributed by atoms with Gasteiger partial charge in [-0.25, -0.2) is 9.97 Å². The predicted octanol–water partition coefficient (Wildman–Crippen LogP) is 4.68. The van der Waals surface area contributed by atoms with E-state index in [4.69, 9.17) is 23.2 Å². The third kappa shape index (κ3) is 4.00. The fraction of sp³-hybridized carbons (Fsp3) is 0.231. The minimum absolute atomic E-state index is 0.109. The van der Waals surface area contributed by atoms with Gasteiger partial charge in [-0.2, -0.15) is 0 Å². The molecule has 1 atom stereocenters. The van der Waals surface area contributed by atoms with Crippen molar-refractivity contribution in [2.45, 2.75) is 18.1 Å². The zero-order valence-electron chi connectivity index (χ0n) is 10.5. The molecule has 100 valence electrons. The molecule has 6 heteroatoms. The van der Waals surface area contributed by atoms with Gasteiger partial charge in [0.2, 0.25) is 0 Å². The topological polar surface area (TPSA) is 37.8 Å². The molecule has 19 heavy (non-hydrogen) atoms. The number of benzene rings is 1. The molecule has 0 saturated carbocycles. The molecule has 0 aliphatic carbocycles. The van der Waals surface area contributed by atoms with Crippen LogP contribution in [0.15, 0.2) is 35.5 Å². The van der Waals surface area contributed by atoms with E-state index in [-0.39, 0.29) is 6.04 Å². The van der Waals surface area contributed by atoms with E-state index in [0.717, 1.165) is 10.6 Å². The lowest BCUT2D eigenvalue weighted by Crippen LogP contribution is -2.08. The van der Waals surface area contributed by atoms with Crippen molar-refractivity contribution in [1.82, 2.24) is 9.97 Å². The number of thioether (sulfide) groups is 1. The van der Waals surface area contributed by atoms with E-state index in [9.17, 15) is 0 Å². The van der Waals surface area contributed by atoms with Crippen molar-refractivity contribution in [1.29, 1.82) is 0 Å². The highest BCUT2D eigenvalue weighted by Crippen LogP contribution is 2.23. The molecule has 0 fully saturated rings. The maximum atomic E-state index is 5.96. The summed E-state index contributed by atoms with van der Waals surface area (Å²) in [6.45, 7) is 2.05. The number of hydrogen-bond acceptors (Lipinski definition) is 4. The van der Waals surface area contributed by atoms with Gasteiger partial charge in [-0.05, 0) is 30.9 Å². The third-order valence-electron chi connectivity index (χ3n) is 2.59. The lowest BCUT2D eigenvalue weighted by molar-refractivity contribution is 0.856. The van der Waals surface area contributed by atoms with Crippen molar-refractivity contribution in [3.63, 3.8) is 0 Å². The number of hydrogen-bond donors (Lipinski definition) is 1. The van der Waals surface area contributed by atoms with Crippen LogP contribution in [0, 0.1) is 0 Å². The SMILES string of the molecule is CSc1nc(Cl)cc(NC(C)c2ccc(Cl)cc2)n1. The molecule has 1 N–H and O–H groups in total. The summed E-state index contributed by atoms with van der Waals surface area (Å²) < 4.78 is 0. The first-order valence-electron chi connectivity index (χ1n) is 5.69. The van der Waals surface area contributed by atoms with E-state index in [1.165, 1.54) is 11.8 Å². The largest absolute Gasteiger partial charge is 0.363 e. The fourth-order valence-electron chi connectivity index (χ4n) is 1.62. The highest BCUT2D eigenvalue weighted by atomic mass is 35.5.